The summed E-state index contributed by atoms with van der Waals surface area (Å²) in [6.45, 7) is 10.2. The quantitative estimate of drug-likeness (QED) is 0.157. The molecule has 7 nitrogen and oxygen atoms in total. The minimum Gasteiger partial charge on any atom is -0.491 e. The Hall–Kier alpha value is -4.26. The summed E-state index contributed by atoms with van der Waals surface area (Å²) in [5.41, 5.74) is -5.92. The van der Waals surface area contributed by atoms with Crippen molar-refractivity contribution in [3.63, 3.8) is 0 Å². The summed E-state index contributed by atoms with van der Waals surface area (Å²) in [6, 6.07) is 12.4. The number of amides is 3. The number of hydrogen-bond donors (Lipinski definition) is 2. The molecule has 3 aromatic rings. The number of rotatable bonds is 11. The molecule has 260 valence electrons. The van der Waals surface area contributed by atoms with Crippen LogP contribution in [0.15, 0.2) is 54.6 Å². The first-order valence-electron chi connectivity index (χ1n) is 15.5. The van der Waals surface area contributed by atoms with E-state index in [9.17, 15) is 41.0 Å². The molecule has 0 radical (unpaired) electrons. The van der Waals surface area contributed by atoms with E-state index >= 15 is 0 Å². The summed E-state index contributed by atoms with van der Waals surface area (Å²) in [5, 5.41) is 12.8. The zero-order valence-corrected chi connectivity index (χ0v) is 27.4. The fourth-order valence-electron chi connectivity index (χ4n) is 5.65. The van der Waals surface area contributed by atoms with Gasteiger partial charge in [0.15, 0.2) is 0 Å². The molecule has 0 saturated carbocycles. The minimum absolute atomic E-state index is 0.00396. The molecule has 1 fully saturated rings. The van der Waals surface area contributed by atoms with Crippen LogP contribution < -0.4 is 14.8 Å². The van der Waals surface area contributed by atoms with Crippen molar-refractivity contribution in [2.75, 3.05) is 0 Å². The Labute approximate surface area is 274 Å². The molecular formula is C35H38F6N2O5. The largest absolute Gasteiger partial charge is 0.491 e. The van der Waals surface area contributed by atoms with E-state index in [1.165, 1.54) is 0 Å². The van der Waals surface area contributed by atoms with E-state index in [0.717, 1.165) is 4.90 Å². The van der Waals surface area contributed by atoms with Gasteiger partial charge in [-0.05, 0) is 105 Å². The lowest BCUT2D eigenvalue weighted by molar-refractivity contribution is -0.376. The Morgan fingerprint density at radius 2 is 1.46 bits per heavy atom. The van der Waals surface area contributed by atoms with E-state index in [4.69, 9.17) is 9.47 Å². The van der Waals surface area contributed by atoms with Crippen LogP contribution in [0.5, 0.6) is 17.2 Å². The van der Waals surface area contributed by atoms with Gasteiger partial charge in [0.05, 0.1) is 12.6 Å². The lowest BCUT2D eigenvalue weighted by atomic mass is 9.87. The van der Waals surface area contributed by atoms with Gasteiger partial charge in [-0.1, -0.05) is 38.5 Å². The maximum absolute atomic E-state index is 13.7. The van der Waals surface area contributed by atoms with Crippen LogP contribution in [0.2, 0.25) is 0 Å². The number of nitrogens with zero attached hydrogens (tertiary/aromatic N) is 1. The number of imide groups is 1. The van der Waals surface area contributed by atoms with Crippen molar-refractivity contribution in [3.8, 4) is 17.2 Å². The molecule has 0 spiro atoms. The maximum Gasteiger partial charge on any atom is 0.430 e. The van der Waals surface area contributed by atoms with Crippen molar-refractivity contribution < 1.29 is 50.5 Å². The van der Waals surface area contributed by atoms with Crippen molar-refractivity contribution in [2.45, 2.75) is 96.9 Å². The van der Waals surface area contributed by atoms with Gasteiger partial charge in [-0.2, -0.15) is 26.3 Å². The molecule has 4 rings (SSSR count). The smallest absolute Gasteiger partial charge is 0.430 e. The molecule has 1 atom stereocenters. The number of nitrogens with one attached hydrogen (secondary N) is 1. The summed E-state index contributed by atoms with van der Waals surface area (Å²) in [6.07, 6.45) is -11.7. The molecule has 3 amide bonds. The lowest BCUT2D eigenvalue weighted by Crippen LogP contribution is -2.54. The number of aryl methyl sites for hydroxylation is 3. The van der Waals surface area contributed by atoms with Gasteiger partial charge in [0, 0.05) is 5.56 Å². The average Bonchev–Trinajstić information content (AvgIpc) is 3.21. The predicted molar refractivity (Wildman–Crippen MR) is 166 cm³/mol. The first kappa shape index (κ1) is 36.6. The Balaban J connectivity index is 1.66. The number of carbonyl (C=O) groups excluding carboxylic acids is 2. The molecule has 0 aliphatic carbocycles. The molecule has 2 N–H and O–H groups in total. The van der Waals surface area contributed by atoms with E-state index in [-0.39, 0.29) is 48.1 Å². The predicted octanol–water partition coefficient (Wildman–Crippen LogP) is 8.37. The molecule has 1 unspecified atom stereocenters. The summed E-state index contributed by atoms with van der Waals surface area (Å²) < 4.78 is 94.2. The highest BCUT2D eigenvalue weighted by Crippen LogP contribution is 2.51. The lowest BCUT2D eigenvalue weighted by Gasteiger charge is -2.33. The van der Waals surface area contributed by atoms with Crippen molar-refractivity contribution in [2.24, 2.45) is 0 Å². The molecular weight excluding hydrogens is 642 g/mol. The fourth-order valence-corrected chi connectivity index (χ4v) is 5.65. The van der Waals surface area contributed by atoms with Crippen LogP contribution in [0.3, 0.4) is 0 Å². The third-order valence-corrected chi connectivity index (χ3v) is 8.33. The molecule has 1 aliphatic rings. The highest BCUT2D eigenvalue weighted by Gasteiger charge is 2.71. The van der Waals surface area contributed by atoms with Crippen molar-refractivity contribution >= 4 is 11.9 Å². The second-order valence-corrected chi connectivity index (χ2v) is 12.3. The third kappa shape index (κ3) is 6.83. The van der Waals surface area contributed by atoms with Gasteiger partial charge in [0.2, 0.25) is 0 Å². The standard InChI is InChI=1S/C35H38F6N2O5/c1-7-9-23-17-26(33(46,34(36,37)38)35(39,40)41)16-22(8-2)29(23)48-28-13-10-21(5)24(18-28)19-43-30(44)32(6,42-31(43)45)25-11-14-27(15-12-25)47-20(3)4/h10-18,20,46H,7-9,19H2,1-6H3,(H,42,45). The van der Waals surface area contributed by atoms with Gasteiger partial charge in [0.25, 0.3) is 11.5 Å². The van der Waals surface area contributed by atoms with E-state index in [1.807, 2.05) is 13.8 Å². The molecule has 1 heterocycles. The first-order chi connectivity index (χ1) is 22.3. The molecule has 1 aliphatic heterocycles. The topological polar surface area (TPSA) is 88.1 Å². The van der Waals surface area contributed by atoms with Gasteiger partial charge in [0.1, 0.15) is 22.8 Å². The fraction of sp³-hybridized carbons (Fsp3) is 0.429. The van der Waals surface area contributed by atoms with Crippen LogP contribution in [0.1, 0.15) is 74.4 Å². The highest BCUT2D eigenvalue weighted by molar-refractivity contribution is 6.07. The molecule has 13 heteroatoms. The number of ether oxygens (including phenoxy) is 2. The zero-order valence-electron chi connectivity index (χ0n) is 27.4. The SMILES string of the molecule is CCCc1cc(C(O)(C(F)(F)F)C(F)(F)F)cc(CC)c1Oc1ccc(C)c(CN2C(=O)NC(C)(c3ccc(OC(C)C)cc3)C2=O)c1. The Bertz CT molecular complexity index is 1660. The number of carbonyl (C=O) groups is 2. The number of hydrogen-bond acceptors (Lipinski definition) is 5. The zero-order chi connectivity index (χ0) is 35.8. The molecule has 1 saturated heterocycles. The molecule has 3 aromatic carbocycles. The Kier molecular flexibility index (Phi) is 10.2. The van der Waals surface area contributed by atoms with Gasteiger partial charge in [-0.15, -0.1) is 0 Å². The molecule has 0 bridgehead atoms. The number of alkyl halides is 6. The summed E-state index contributed by atoms with van der Waals surface area (Å²) in [7, 11) is 0. The number of aliphatic hydroxyl groups is 1. The van der Waals surface area contributed by atoms with Crippen LogP contribution in [0, 0.1) is 6.92 Å². The number of urea groups is 1. The van der Waals surface area contributed by atoms with E-state index in [1.54, 1.807) is 70.2 Å². The van der Waals surface area contributed by atoms with Crippen LogP contribution in [-0.4, -0.2) is 40.4 Å². The van der Waals surface area contributed by atoms with Crippen LogP contribution in [0.25, 0.3) is 0 Å². The number of halogens is 6. The Morgan fingerprint density at radius 3 is 2.00 bits per heavy atom. The second kappa shape index (κ2) is 13.3. The maximum atomic E-state index is 13.7. The minimum atomic E-state index is -6.03. The van der Waals surface area contributed by atoms with E-state index in [2.05, 4.69) is 5.32 Å². The van der Waals surface area contributed by atoms with E-state index in [0.29, 0.717) is 41.0 Å². The average molecular weight is 681 g/mol. The second-order valence-electron chi connectivity index (χ2n) is 12.3. The van der Waals surface area contributed by atoms with E-state index < -0.39 is 41.0 Å². The summed E-state index contributed by atoms with van der Waals surface area (Å²) in [4.78, 5) is 27.8. The molecule has 0 aromatic heterocycles. The summed E-state index contributed by atoms with van der Waals surface area (Å²) >= 11 is 0. The Morgan fingerprint density at radius 1 is 0.875 bits per heavy atom. The van der Waals surface area contributed by atoms with Gasteiger partial charge >= 0.3 is 18.4 Å². The normalized spacial score (nSPS) is 17.2. The summed E-state index contributed by atoms with van der Waals surface area (Å²) in [5.74, 6) is 0.370. The van der Waals surface area contributed by atoms with Crippen molar-refractivity contribution in [3.05, 3.63) is 88.0 Å². The van der Waals surface area contributed by atoms with Crippen LogP contribution >= 0.6 is 0 Å². The number of benzene rings is 3. The van der Waals surface area contributed by atoms with Gasteiger partial charge in [-0.25, -0.2) is 4.79 Å². The van der Waals surface area contributed by atoms with Crippen LogP contribution in [0.4, 0.5) is 31.1 Å². The first-order valence-corrected chi connectivity index (χ1v) is 15.5. The highest BCUT2D eigenvalue weighted by atomic mass is 19.4. The van der Waals surface area contributed by atoms with Gasteiger partial charge in [-0.3, -0.25) is 9.69 Å². The van der Waals surface area contributed by atoms with Crippen molar-refractivity contribution in [1.29, 1.82) is 0 Å². The van der Waals surface area contributed by atoms with Crippen LogP contribution in [-0.2, 0) is 35.3 Å². The van der Waals surface area contributed by atoms with Crippen molar-refractivity contribution in [1.82, 2.24) is 10.2 Å². The monoisotopic (exact) mass is 680 g/mol. The third-order valence-electron chi connectivity index (χ3n) is 8.33. The van der Waals surface area contributed by atoms with Gasteiger partial charge < -0.3 is 19.9 Å². The molecule has 48 heavy (non-hydrogen) atoms.